The Labute approximate surface area is 113 Å². The Bertz CT molecular complexity index is 541. The molecule has 104 valence electrons. The first-order valence-electron chi connectivity index (χ1n) is 6.29. The van der Waals surface area contributed by atoms with Gasteiger partial charge in [-0.1, -0.05) is 25.1 Å². The van der Waals surface area contributed by atoms with Crippen LogP contribution in [-0.2, 0) is 19.2 Å². The number of amides is 1. The van der Waals surface area contributed by atoms with E-state index in [9.17, 15) is 13.2 Å². The summed E-state index contributed by atoms with van der Waals surface area (Å²) >= 11 is 0. The van der Waals surface area contributed by atoms with E-state index in [1.807, 2.05) is 6.92 Å². The molecule has 1 aromatic rings. The first kappa shape index (κ1) is 14.0. The molecule has 0 N–H and O–H groups in total. The summed E-state index contributed by atoms with van der Waals surface area (Å²) in [5.41, 5.74) is 0. The van der Waals surface area contributed by atoms with Crippen LogP contribution in [-0.4, -0.2) is 25.9 Å². The fourth-order valence-corrected chi connectivity index (χ4v) is 3.01. The van der Waals surface area contributed by atoms with Crippen LogP contribution in [0.15, 0.2) is 35.2 Å². The van der Waals surface area contributed by atoms with Crippen molar-refractivity contribution in [1.29, 1.82) is 0 Å². The van der Waals surface area contributed by atoms with Crippen LogP contribution in [0.4, 0.5) is 0 Å². The Morgan fingerprint density at radius 2 is 1.95 bits per heavy atom. The molecule has 1 aliphatic rings. The van der Waals surface area contributed by atoms with Gasteiger partial charge in [0, 0.05) is 6.42 Å². The molecule has 1 atom stereocenters. The van der Waals surface area contributed by atoms with E-state index in [2.05, 4.69) is 0 Å². The van der Waals surface area contributed by atoms with Gasteiger partial charge in [-0.15, -0.1) is 4.28 Å². The van der Waals surface area contributed by atoms with Crippen molar-refractivity contribution >= 4 is 16.0 Å². The smallest absolute Gasteiger partial charge is 0.273 e. The Morgan fingerprint density at radius 3 is 2.63 bits per heavy atom. The van der Waals surface area contributed by atoms with Crippen LogP contribution in [0.5, 0.6) is 0 Å². The molecule has 1 unspecified atom stereocenters. The molecule has 1 fully saturated rings. The number of nitrogens with zero attached hydrogens (tertiary/aromatic N) is 1. The zero-order valence-corrected chi connectivity index (χ0v) is 11.6. The third kappa shape index (κ3) is 3.54. The molecule has 1 aromatic carbocycles. The van der Waals surface area contributed by atoms with E-state index in [-0.39, 0.29) is 16.7 Å². The molecule has 1 saturated heterocycles. The molecular formula is C13H17NO4S. The normalized spacial score (nSPS) is 21.2. The van der Waals surface area contributed by atoms with Gasteiger partial charge in [-0.05, 0) is 30.9 Å². The lowest BCUT2D eigenvalue weighted by Crippen LogP contribution is -2.33. The van der Waals surface area contributed by atoms with E-state index in [1.54, 1.807) is 18.2 Å². The highest BCUT2D eigenvalue weighted by atomic mass is 32.2. The lowest BCUT2D eigenvalue weighted by Gasteiger charge is -2.18. The van der Waals surface area contributed by atoms with Gasteiger partial charge in [-0.2, -0.15) is 8.42 Å². The fourth-order valence-electron chi connectivity index (χ4n) is 2.04. The van der Waals surface area contributed by atoms with E-state index < -0.39 is 10.1 Å². The number of hydrogen-bond donors (Lipinski definition) is 0. The highest BCUT2D eigenvalue weighted by Gasteiger charge is 2.27. The van der Waals surface area contributed by atoms with Crippen molar-refractivity contribution in [3.63, 3.8) is 0 Å². The summed E-state index contributed by atoms with van der Waals surface area (Å²) in [4.78, 5) is 11.9. The van der Waals surface area contributed by atoms with E-state index in [4.69, 9.17) is 4.28 Å². The Morgan fingerprint density at radius 1 is 1.26 bits per heavy atom. The number of benzene rings is 1. The number of hydroxylamine groups is 2. The van der Waals surface area contributed by atoms with Crippen molar-refractivity contribution in [2.24, 2.45) is 5.92 Å². The van der Waals surface area contributed by atoms with Crippen LogP contribution in [0.1, 0.15) is 26.2 Å². The van der Waals surface area contributed by atoms with Crippen molar-refractivity contribution in [1.82, 2.24) is 5.06 Å². The Balaban J connectivity index is 2.14. The molecule has 6 heteroatoms. The van der Waals surface area contributed by atoms with Crippen LogP contribution in [0.2, 0.25) is 0 Å². The Kier molecular flexibility index (Phi) is 4.21. The van der Waals surface area contributed by atoms with Gasteiger partial charge < -0.3 is 0 Å². The number of carbonyl (C=O) groups excluding carboxylic acids is 1. The molecule has 5 nitrogen and oxygen atoms in total. The zero-order chi connectivity index (χ0) is 13.9. The second-order valence-corrected chi connectivity index (χ2v) is 6.32. The minimum Gasteiger partial charge on any atom is -0.273 e. The second kappa shape index (κ2) is 5.71. The molecule has 0 saturated carbocycles. The fraction of sp³-hybridized carbons (Fsp3) is 0.462. The number of rotatable bonds is 3. The monoisotopic (exact) mass is 283 g/mol. The maximum absolute atomic E-state index is 12.0. The maximum Gasteiger partial charge on any atom is 0.317 e. The molecule has 1 aliphatic heterocycles. The molecule has 1 heterocycles. The van der Waals surface area contributed by atoms with E-state index in [0.29, 0.717) is 13.0 Å². The average molecular weight is 283 g/mol. The number of carbonyl (C=O) groups is 1. The summed E-state index contributed by atoms with van der Waals surface area (Å²) < 4.78 is 29.0. The maximum atomic E-state index is 12.0. The molecule has 0 bridgehead atoms. The third-order valence-corrected chi connectivity index (χ3v) is 4.31. The number of hydrogen-bond acceptors (Lipinski definition) is 4. The quantitative estimate of drug-likeness (QED) is 0.850. The van der Waals surface area contributed by atoms with Crippen LogP contribution in [0, 0.1) is 5.92 Å². The lowest BCUT2D eigenvalue weighted by atomic mass is 10.0. The minimum absolute atomic E-state index is 0.0556. The predicted octanol–water partition coefficient (Wildman–Crippen LogP) is 1.96. The van der Waals surface area contributed by atoms with E-state index in [1.165, 1.54) is 12.1 Å². The van der Waals surface area contributed by atoms with Crippen molar-refractivity contribution in [3.05, 3.63) is 30.3 Å². The third-order valence-electron chi connectivity index (χ3n) is 3.08. The Hall–Kier alpha value is -1.40. The molecule has 0 spiro atoms. The summed E-state index contributed by atoms with van der Waals surface area (Å²) in [6.45, 7) is 2.29. The predicted molar refractivity (Wildman–Crippen MR) is 69.4 cm³/mol. The van der Waals surface area contributed by atoms with Crippen LogP contribution in [0.3, 0.4) is 0 Å². The van der Waals surface area contributed by atoms with Gasteiger partial charge >= 0.3 is 10.1 Å². The van der Waals surface area contributed by atoms with E-state index >= 15 is 0 Å². The molecule has 0 aliphatic carbocycles. The topological polar surface area (TPSA) is 63.7 Å². The molecular weight excluding hydrogens is 266 g/mol. The standard InChI is InChI=1S/C13H17NO4S/c1-11-6-5-9-14(13(15)10-11)18-19(16,17)12-7-3-2-4-8-12/h2-4,7-8,11H,5-6,9-10H2,1H3. The van der Waals surface area contributed by atoms with Crippen LogP contribution >= 0.6 is 0 Å². The summed E-state index contributed by atoms with van der Waals surface area (Å²) in [5.74, 6) is -0.00923. The summed E-state index contributed by atoms with van der Waals surface area (Å²) in [5, 5.41) is 0.978. The van der Waals surface area contributed by atoms with Crippen molar-refractivity contribution < 1.29 is 17.5 Å². The molecule has 0 aromatic heterocycles. The van der Waals surface area contributed by atoms with Gasteiger partial charge in [0.05, 0.1) is 11.4 Å². The molecule has 1 amide bonds. The lowest BCUT2D eigenvalue weighted by molar-refractivity contribution is -0.155. The van der Waals surface area contributed by atoms with Gasteiger partial charge in [0.15, 0.2) is 0 Å². The van der Waals surface area contributed by atoms with Crippen molar-refractivity contribution in [2.75, 3.05) is 6.54 Å². The van der Waals surface area contributed by atoms with Gasteiger partial charge in [-0.3, -0.25) is 4.79 Å². The average Bonchev–Trinajstić information content (AvgIpc) is 2.52. The molecule has 2 rings (SSSR count). The van der Waals surface area contributed by atoms with Gasteiger partial charge in [-0.25, -0.2) is 5.06 Å². The zero-order valence-electron chi connectivity index (χ0n) is 10.8. The first-order valence-corrected chi connectivity index (χ1v) is 7.70. The molecule has 0 radical (unpaired) electrons. The second-order valence-electron chi connectivity index (χ2n) is 4.79. The SMILES string of the molecule is CC1CCCN(OS(=O)(=O)c2ccccc2)C(=O)C1. The summed E-state index contributed by atoms with van der Waals surface area (Å²) in [6, 6.07) is 7.84. The molecule has 19 heavy (non-hydrogen) atoms. The van der Waals surface area contributed by atoms with Gasteiger partial charge in [0.1, 0.15) is 0 Å². The van der Waals surface area contributed by atoms with Crippen molar-refractivity contribution in [3.8, 4) is 0 Å². The summed E-state index contributed by atoms with van der Waals surface area (Å²) in [6.07, 6.45) is 1.97. The van der Waals surface area contributed by atoms with Crippen LogP contribution in [0.25, 0.3) is 0 Å². The summed E-state index contributed by atoms with van der Waals surface area (Å²) in [7, 11) is -3.92. The first-order chi connectivity index (χ1) is 8.99. The van der Waals surface area contributed by atoms with E-state index in [0.717, 1.165) is 17.9 Å². The highest BCUT2D eigenvalue weighted by molar-refractivity contribution is 7.86. The van der Waals surface area contributed by atoms with Gasteiger partial charge in [0.2, 0.25) is 5.91 Å². The van der Waals surface area contributed by atoms with Crippen molar-refractivity contribution in [2.45, 2.75) is 31.1 Å². The largest absolute Gasteiger partial charge is 0.317 e. The van der Waals surface area contributed by atoms with Crippen LogP contribution < -0.4 is 0 Å². The van der Waals surface area contributed by atoms with Gasteiger partial charge in [0.25, 0.3) is 0 Å². The highest BCUT2D eigenvalue weighted by Crippen LogP contribution is 2.21. The minimum atomic E-state index is -3.92.